The van der Waals surface area contributed by atoms with Gasteiger partial charge in [-0.05, 0) is 24.1 Å². The highest BCUT2D eigenvalue weighted by atomic mass is 35.5. The molecule has 1 rings (SSSR count). The Morgan fingerprint density at radius 2 is 2.18 bits per heavy atom. The molecule has 0 aromatic heterocycles. The minimum absolute atomic E-state index is 0.113. The SMILES string of the molecule is [N-]=[N+]=NCCC(O)C(O)c1ccc(Cl)cc1N. The summed E-state index contributed by atoms with van der Waals surface area (Å²) in [7, 11) is 0. The van der Waals surface area contributed by atoms with E-state index in [0.29, 0.717) is 16.3 Å². The van der Waals surface area contributed by atoms with Crippen molar-refractivity contribution in [2.75, 3.05) is 12.3 Å². The number of azide groups is 1. The van der Waals surface area contributed by atoms with E-state index in [1.807, 2.05) is 0 Å². The van der Waals surface area contributed by atoms with Crippen LogP contribution in [0.5, 0.6) is 0 Å². The van der Waals surface area contributed by atoms with Crippen molar-refractivity contribution in [1.82, 2.24) is 0 Å². The average molecular weight is 257 g/mol. The molecule has 1 aromatic rings. The normalized spacial score (nSPS) is 13.8. The third-order valence-corrected chi connectivity index (χ3v) is 2.56. The van der Waals surface area contributed by atoms with Crippen LogP contribution in [-0.4, -0.2) is 22.9 Å². The van der Waals surface area contributed by atoms with Crippen LogP contribution in [0.4, 0.5) is 5.69 Å². The molecule has 0 saturated heterocycles. The maximum absolute atomic E-state index is 9.85. The second-order valence-corrected chi connectivity index (χ2v) is 3.97. The number of anilines is 1. The van der Waals surface area contributed by atoms with Gasteiger partial charge in [-0.3, -0.25) is 0 Å². The Balaban J connectivity index is 2.73. The highest BCUT2D eigenvalue weighted by Gasteiger charge is 2.19. The summed E-state index contributed by atoms with van der Waals surface area (Å²) in [5, 5.41) is 23.3. The molecule has 0 heterocycles. The van der Waals surface area contributed by atoms with E-state index in [9.17, 15) is 10.2 Å². The van der Waals surface area contributed by atoms with Crippen molar-refractivity contribution in [2.24, 2.45) is 5.11 Å². The molecule has 2 unspecified atom stereocenters. The smallest absolute Gasteiger partial charge is 0.107 e. The predicted molar refractivity (Wildman–Crippen MR) is 65.5 cm³/mol. The summed E-state index contributed by atoms with van der Waals surface area (Å²) >= 11 is 5.72. The number of rotatable bonds is 5. The number of aliphatic hydroxyl groups excluding tert-OH is 2. The first-order valence-electron chi connectivity index (χ1n) is 4.98. The van der Waals surface area contributed by atoms with Crippen LogP contribution in [0.1, 0.15) is 18.1 Å². The molecule has 0 aliphatic rings. The van der Waals surface area contributed by atoms with Gasteiger partial charge in [0.15, 0.2) is 0 Å². The second kappa shape index (κ2) is 6.32. The lowest BCUT2D eigenvalue weighted by molar-refractivity contribution is 0.0154. The van der Waals surface area contributed by atoms with E-state index in [2.05, 4.69) is 10.0 Å². The van der Waals surface area contributed by atoms with Crippen molar-refractivity contribution in [3.8, 4) is 0 Å². The van der Waals surface area contributed by atoms with E-state index in [0.717, 1.165) is 0 Å². The number of nitrogens with two attached hydrogens (primary N) is 1. The molecule has 17 heavy (non-hydrogen) atoms. The molecule has 1 aromatic carbocycles. The number of aliphatic hydroxyl groups is 2. The number of hydrogen-bond donors (Lipinski definition) is 3. The monoisotopic (exact) mass is 256 g/mol. The zero-order chi connectivity index (χ0) is 12.8. The summed E-state index contributed by atoms with van der Waals surface area (Å²) in [6, 6.07) is 4.63. The maximum Gasteiger partial charge on any atom is 0.107 e. The molecular formula is C10H13ClN4O2. The Kier molecular flexibility index (Phi) is 5.06. The lowest BCUT2D eigenvalue weighted by Crippen LogP contribution is -2.20. The van der Waals surface area contributed by atoms with Crippen LogP contribution in [-0.2, 0) is 0 Å². The Hall–Kier alpha value is -1.46. The first-order chi connectivity index (χ1) is 8.06. The van der Waals surface area contributed by atoms with E-state index in [-0.39, 0.29) is 13.0 Å². The van der Waals surface area contributed by atoms with Crippen LogP contribution in [0.3, 0.4) is 0 Å². The fourth-order valence-electron chi connectivity index (χ4n) is 1.41. The molecule has 0 radical (unpaired) electrons. The molecule has 92 valence electrons. The molecule has 0 aliphatic heterocycles. The van der Waals surface area contributed by atoms with Gasteiger partial charge in [-0.2, -0.15) is 0 Å². The summed E-state index contributed by atoms with van der Waals surface area (Å²) in [4.78, 5) is 2.56. The highest BCUT2D eigenvalue weighted by molar-refractivity contribution is 6.30. The molecule has 0 amide bonds. The van der Waals surface area contributed by atoms with E-state index < -0.39 is 12.2 Å². The van der Waals surface area contributed by atoms with Crippen molar-refractivity contribution in [2.45, 2.75) is 18.6 Å². The van der Waals surface area contributed by atoms with Crippen LogP contribution in [0.25, 0.3) is 10.4 Å². The summed E-state index contributed by atoms with van der Waals surface area (Å²) < 4.78 is 0. The number of halogens is 1. The third kappa shape index (κ3) is 3.80. The van der Waals surface area contributed by atoms with Crippen molar-refractivity contribution in [3.63, 3.8) is 0 Å². The van der Waals surface area contributed by atoms with E-state index in [1.54, 1.807) is 12.1 Å². The summed E-state index contributed by atoms with van der Waals surface area (Å²) in [5.74, 6) is 0. The number of nitrogens with zero attached hydrogens (tertiary/aromatic N) is 3. The van der Waals surface area contributed by atoms with Crippen molar-refractivity contribution < 1.29 is 10.2 Å². The summed E-state index contributed by atoms with van der Waals surface area (Å²) in [6.45, 7) is 0.113. The fourth-order valence-corrected chi connectivity index (χ4v) is 1.60. The van der Waals surface area contributed by atoms with Gasteiger partial charge in [0.25, 0.3) is 0 Å². The first-order valence-corrected chi connectivity index (χ1v) is 5.36. The van der Waals surface area contributed by atoms with Crippen LogP contribution in [0.2, 0.25) is 5.02 Å². The quantitative estimate of drug-likeness (QED) is 0.324. The van der Waals surface area contributed by atoms with Gasteiger partial charge in [-0.15, -0.1) is 0 Å². The van der Waals surface area contributed by atoms with Gasteiger partial charge in [0, 0.05) is 27.7 Å². The minimum atomic E-state index is -1.12. The average Bonchev–Trinajstić information content (AvgIpc) is 2.28. The standard InChI is InChI=1S/C10H13ClN4O2/c11-6-1-2-7(8(12)5-6)10(17)9(16)3-4-14-15-13/h1-2,5,9-10,16-17H,3-4,12H2. The van der Waals surface area contributed by atoms with Crippen LogP contribution in [0, 0.1) is 0 Å². The molecule has 4 N–H and O–H groups in total. The van der Waals surface area contributed by atoms with Crippen LogP contribution in [0.15, 0.2) is 23.3 Å². The first kappa shape index (κ1) is 13.6. The van der Waals surface area contributed by atoms with Gasteiger partial charge in [-0.1, -0.05) is 22.8 Å². The Morgan fingerprint density at radius 3 is 2.76 bits per heavy atom. The molecule has 2 atom stereocenters. The summed E-state index contributed by atoms with van der Waals surface area (Å²) in [6.07, 6.45) is -2.00. The van der Waals surface area contributed by atoms with E-state index in [1.165, 1.54) is 6.07 Å². The number of hydrogen-bond acceptors (Lipinski definition) is 4. The van der Waals surface area contributed by atoms with E-state index >= 15 is 0 Å². The molecule has 0 saturated carbocycles. The highest BCUT2D eigenvalue weighted by Crippen LogP contribution is 2.27. The number of benzene rings is 1. The topological polar surface area (TPSA) is 115 Å². The molecule has 0 spiro atoms. The molecule has 6 nitrogen and oxygen atoms in total. The molecular weight excluding hydrogens is 244 g/mol. The van der Waals surface area contributed by atoms with Gasteiger partial charge >= 0.3 is 0 Å². The van der Waals surface area contributed by atoms with E-state index in [4.69, 9.17) is 22.9 Å². The van der Waals surface area contributed by atoms with Crippen molar-refractivity contribution in [1.29, 1.82) is 0 Å². The Morgan fingerprint density at radius 1 is 1.47 bits per heavy atom. The van der Waals surface area contributed by atoms with Gasteiger partial charge in [-0.25, -0.2) is 0 Å². The molecule has 0 bridgehead atoms. The van der Waals surface area contributed by atoms with Crippen molar-refractivity contribution >= 4 is 17.3 Å². The van der Waals surface area contributed by atoms with Crippen molar-refractivity contribution in [3.05, 3.63) is 39.2 Å². The van der Waals surface area contributed by atoms with Crippen LogP contribution < -0.4 is 5.73 Å². The van der Waals surface area contributed by atoms with Gasteiger partial charge in [0.2, 0.25) is 0 Å². The third-order valence-electron chi connectivity index (χ3n) is 2.32. The van der Waals surface area contributed by atoms with Gasteiger partial charge < -0.3 is 15.9 Å². The zero-order valence-corrected chi connectivity index (χ0v) is 9.75. The molecule has 0 fully saturated rings. The zero-order valence-electron chi connectivity index (χ0n) is 8.99. The lowest BCUT2D eigenvalue weighted by atomic mass is 10.0. The van der Waals surface area contributed by atoms with Gasteiger partial charge in [0.05, 0.1) is 6.10 Å². The van der Waals surface area contributed by atoms with Gasteiger partial charge in [0.1, 0.15) is 6.10 Å². The molecule has 0 aliphatic carbocycles. The Labute approximate surface area is 103 Å². The Bertz CT molecular complexity index is 434. The largest absolute Gasteiger partial charge is 0.398 e. The van der Waals surface area contributed by atoms with Crippen LogP contribution >= 0.6 is 11.6 Å². The summed E-state index contributed by atoms with van der Waals surface area (Å²) in [5.41, 5.74) is 14.5. The minimum Gasteiger partial charge on any atom is -0.398 e. The maximum atomic E-state index is 9.85. The fraction of sp³-hybridized carbons (Fsp3) is 0.400. The second-order valence-electron chi connectivity index (χ2n) is 3.53. The molecule has 7 heteroatoms. The predicted octanol–water partition coefficient (Wildman–Crippen LogP) is 2.02. The number of nitrogen functional groups attached to an aromatic ring is 1. The lowest BCUT2D eigenvalue weighted by Gasteiger charge is -2.19.